The molecule has 0 fully saturated rings. The van der Waals surface area contributed by atoms with Gasteiger partial charge in [-0.3, -0.25) is 9.59 Å². The summed E-state index contributed by atoms with van der Waals surface area (Å²) in [6.07, 6.45) is 0.0639. The lowest BCUT2D eigenvalue weighted by molar-refractivity contribution is -0.116. The minimum absolute atomic E-state index is 0.0639. The molecule has 1 aromatic heterocycles. The van der Waals surface area contributed by atoms with Crippen LogP contribution in [0.5, 0.6) is 0 Å². The molecule has 1 amide bonds. The first-order valence-electron chi connectivity index (χ1n) is 9.12. The third kappa shape index (κ3) is 3.01. The maximum absolute atomic E-state index is 13.7. The molecular weight excluding hydrogens is 357 g/mol. The van der Waals surface area contributed by atoms with Crippen LogP contribution in [0, 0.1) is 26.6 Å². The number of halogens is 1. The van der Waals surface area contributed by atoms with Crippen LogP contribution in [0.1, 0.15) is 45.1 Å². The Morgan fingerprint density at radius 3 is 2.64 bits per heavy atom. The predicted octanol–water partition coefficient (Wildman–Crippen LogP) is 4.25. The normalized spacial score (nSPS) is 15.9. The lowest BCUT2D eigenvalue weighted by Gasteiger charge is -2.23. The van der Waals surface area contributed by atoms with Crippen LogP contribution in [0.2, 0.25) is 0 Å². The Morgan fingerprint density at radius 2 is 1.93 bits per heavy atom. The number of anilines is 1. The molecule has 0 saturated heterocycles. The molecule has 0 radical (unpaired) electrons. The van der Waals surface area contributed by atoms with Gasteiger partial charge in [0.2, 0.25) is 5.91 Å². The molecule has 0 saturated carbocycles. The van der Waals surface area contributed by atoms with Crippen LogP contribution in [-0.2, 0) is 4.79 Å². The largest absolute Gasteiger partial charge is 0.310 e. The topological polar surface area (TPSA) is 64.0 Å². The van der Waals surface area contributed by atoms with Crippen molar-refractivity contribution < 1.29 is 14.0 Å². The molecule has 5 nitrogen and oxygen atoms in total. The van der Waals surface area contributed by atoms with Crippen molar-refractivity contribution in [3.8, 4) is 5.69 Å². The first kappa shape index (κ1) is 18.1. The third-order valence-corrected chi connectivity index (χ3v) is 5.26. The Balaban J connectivity index is 1.82. The highest BCUT2D eigenvalue weighted by Crippen LogP contribution is 2.38. The SMILES string of the molecule is Cc1ccc(C(=O)C2CC(=O)Nc3c2c(C)nn3-c2cccc(F)c2)cc1C. The van der Waals surface area contributed by atoms with E-state index in [1.807, 2.05) is 26.0 Å². The van der Waals surface area contributed by atoms with Gasteiger partial charge in [-0.2, -0.15) is 5.10 Å². The zero-order valence-electron chi connectivity index (χ0n) is 15.9. The lowest BCUT2D eigenvalue weighted by Crippen LogP contribution is -2.28. The van der Waals surface area contributed by atoms with Crippen LogP contribution in [0.4, 0.5) is 10.2 Å². The number of aryl methyl sites for hydroxylation is 3. The maximum Gasteiger partial charge on any atom is 0.226 e. The van der Waals surface area contributed by atoms with Crippen molar-refractivity contribution in [3.63, 3.8) is 0 Å². The number of amides is 1. The highest BCUT2D eigenvalue weighted by Gasteiger charge is 2.36. The number of aromatic nitrogens is 2. The Bertz CT molecular complexity index is 1120. The molecule has 1 atom stereocenters. The van der Waals surface area contributed by atoms with Gasteiger partial charge in [0.25, 0.3) is 0 Å². The van der Waals surface area contributed by atoms with Gasteiger partial charge in [-0.15, -0.1) is 0 Å². The number of fused-ring (bicyclic) bond motifs is 1. The Morgan fingerprint density at radius 1 is 1.14 bits per heavy atom. The van der Waals surface area contributed by atoms with Gasteiger partial charge in [-0.25, -0.2) is 9.07 Å². The highest BCUT2D eigenvalue weighted by molar-refractivity contribution is 6.08. The van der Waals surface area contributed by atoms with Crippen LogP contribution >= 0.6 is 0 Å². The molecule has 142 valence electrons. The second kappa shape index (κ2) is 6.71. The van der Waals surface area contributed by atoms with Crippen LogP contribution in [0.15, 0.2) is 42.5 Å². The Hall–Kier alpha value is -3.28. The van der Waals surface area contributed by atoms with Gasteiger partial charge in [0.1, 0.15) is 11.6 Å². The summed E-state index contributed by atoms with van der Waals surface area (Å²) in [5.41, 5.74) is 4.52. The van der Waals surface area contributed by atoms with E-state index in [1.165, 1.54) is 16.8 Å². The summed E-state index contributed by atoms with van der Waals surface area (Å²) in [6.45, 7) is 5.74. The van der Waals surface area contributed by atoms with Crippen molar-refractivity contribution in [1.29, 1.82) is 0 Å². The Labute approximate surface area is 162 Å². The second-order valence-corrected chi connectivity index (χ2v) is 7.21. The summed E-state index contributed by atoms with van der Waals surface area (Å²) in [5, 5.41) is 7.29. The lowest BCUT2D eigenvalue weighted by atomic mass is 9.85. The number of hydrogen-bond acceptors (Lipinski definition) is 3. The van der Waals surface area contributed by atoms with E-state index < -0.39 is 11.7 Å². The highest BCUT2D eigenvalue weighted by atomic mass is 19.1. The van der Waals surface area contributed by atoms with Gasteiger partial charge in [-0.05, 0) is 56.2 Å². The zero-order chi connectivity index (χ0) is 20.0. The number of Topliss-reactive ketones (excluding diaryl/α,β-unsaturated/α-hetero) is 1. The number of carbonyl (C=O) groups is 2. The smallest absolute Gasteiger partial charge is 0.226 e. The summed E-state index contributed by atoms with van der Waals surface area (Å²) in [5.74, 6) is -0.952. The summed E-state index contributed by atoms with van der Waals surface area (Å²) >= 11 is 0. The molecule has 0 aliphatic carbocycles. The molecule has 0 bridgehead atoms. The molecule has 1 N–H and O–H groups in total. The molecule has 1 aliphatic rings. The van der Waals surface area contributed by atoms with Crippen molar-refractivity contribution >= 4 is 17.5 Å². The minimum atomic E-state index is -0.617. The molecule has 2 heterocycles. The third-order valence-electron chi connectivity index (χ3n) is 5.26. The average molecular weight is 377 g/mol. The number of ketones is 1. The van der Waals surface area contributed by atoms with Crippen LogP contribution in [0.25, 0.3) is 5.69 Å². The number of rotatable bonds is 3. The van der Waals surface area contributed by atoms with E-state index in [-0.39, 0.29) is 18.1 Å². The van der Waals surface area contributed by atoms with Crippen LogP contribution < -0.4 is 5.32 Å². The van der Waals surface area contributed by atoms with Crippen molar-refractivity contribution in [2.45, 2.75) is 33.1 Å². The fraction of sp³-hybridized carbons (Fsp3) is 0.227. The fourth-order valence-corrected chi connectivity index (χ4v) is 3.66. The summed E-state index contributed by atoms with van der Waals surface area (Å²) < 4.78 is 15.2. The first-order valence-corrected chi connectivity index (χ1v) is 9.12. The van der Waals surface area contributed by atoms with Crippen molar-refractivity contribution in [2.75, 3.05) is 5.32 Å². The molecule has 3 aromatic rings. The van der Waals surface area contributed by atoms with E-state index in [9.17, 15) is 14.0 Å². The van der Waals surface area contributed by atoms with Gasteiger partial charge in [0, 0.05) is 17.5 Å². The molecule has 6 heteroatoms. The molecule has 4 rings (SSSR count). The minimum Gasteiger partial charge on any atom is -0.310 e. The van der Waals surface area contributed by atoms with E-state index in [4.69, 9.17) is 0 Å². The monoisotopic (exact) mass is 377 g/mol. The molecule has 2 aromatic carbocycles. The molecule has 1 unspecified atom stereocenters. The standard InChI is InChI=1S/C22H20FN3O2/c1-12-7-8-15(9-13(12)2)21(28)18-11-19(27)24-22-20(18)14(3)25-26(22)17-6-4-5-16(23)10-17/h4-10,18H,11H2,1-3H3,(H,24,27). The Kier molecular flexibility index (Phi) is 4.34. The summed E-state index contributed by atoms with van der Waals surface area (Å²) in [6, 6.07) is 11.5. The maximum atomic E-state index is 13.7. The van der Waals surface area contributed by atoms with Gasteiger partial charge in [-0.1, -0.05) is 18.2 Å². The summed E-state index contributed by atoms with van der Waals surface area (Å²) in [7, 11) is 0. The van der Waals surface area contributed by atoms with E-state index in [1.54, 1.807) is 25.1 Å². The zero-order valence-corrected chi connectivity index (χ0v) is 15.9. The average Bonchev–Trinajstić information content (AvgIpc) is 2.99. The molecule has 28 heavy (non-hydrogen) atoms. The van der Waals surface area contributed by atoms with Crippen molar-refractivity contribution in [3.05, 3.63) is 76.2 Å². The number of hydrogen-bond donors (Lipinski definition) is 1. The summed E-state index contributed by atoms with van der Waals surface area (Å²) in [4.78, 5) is 25.6. The molecular formula is C22H20FN3O2. The number of nitrogens with one attached hydrogen (secondary N) is 1. The van der Waals surface area contributed by atoms with Crippen molar-refractivity contribution in [1.82, 2.24) is 9.78 Å². The van der Waals surface area contributed by atoms with Gasteiger partial charge in [0.15, 0.2) is 5.78 Å². The van der Waals surface area contributed by atoms with E-state index in [2.05, 4.69) is 10.4 Å². The van der Waals surface area contributed by atoms with E-state index in [0.29, 0.717) is 28.3 Å². The van der Waals surface area contributed by atoms with Gasteiger partial charge in [0.05, 0.1) is 17.3 Å². The van der Waals surface area contributed by atoms with E-state index >= 15 is 0 Å². The fourth-order valence-electron chi connectivity index (χ4n) is 3.66. The van der Waals surface area contributed by atoms with E-state index in [0.717, 1.165) is 11.1 Å². The number of nitrogens with zero attached hydrogens (tertiary/aromatic N) is 2. The molecule has 1 aliphatic heterocycles. The molecule has 0 spiro atoms. The van der Waals surface area contributed by atoms with Crippen molar-refractivity contribution in [2.24, 2.45) is 0 Å². The first-order chi connectivity index (χ1) is 13.3. The van der Waals surface area contributed by atoms with Gasteiger partial charge < -0.3 is 5.32 Å². The number of benzene rings is 2. The van der Waals surface area contributed by atoms with Gasteiger partial charge >= 0.3 is 0 Å². The number of carbonyl (C=O) groups excluding carboxylic acids is 2. The van der Waals surface area contributed by atoms with Crippen LogP contribution in [-0.4, -0.2) is 21.5 Å². The predicted molar refractivity (Wildman–Crippen MR) is 104 cm³/mol. The van der Waals surface area contributed by atoms with Crippen LogP contribution in [0.3, 0.4) is 0 Å². The quantitative estimate of drug-likeness (QED) is 0.694. The second-order valence-electron chi connectivity index (χ2n) is 7.21.